The molecule has 8 nitrogen and oxygen atoms in total. The summed E-state index contributed by atoms with van der Waals surface area (Å²) >= 11 is 0. The number of benzene rings is 1. The van der Waals surface area contributed by atoms with Crippen LogP contribution >= 0.6 is 0 Å². The van der Waals surface area contributed by atoms with Crippen LogP contribution in [0.2, 0.25) is 0 Å². The standard InChI is InChI=1S/C9H11NO2.C5H8O5/c10-8(9(11)12)6-7-4-2-1-3-5-7;6-1-2-3(7)4(8)5(9)10-2/h1-5,8H,6,10H2,(H,11,12);2-4,6-8H,1H2. The van der Waals surface area contributed by atoms with Gasteiger partial charge in [-0.2, -0.15) is 0 Å². The lowest BCUT2D eigenvalue weighted by Gasteiger charge is -2.08. The van der Waals surface area contributed by atoms with Crippen LogP contribution in [0.25, 0.3) is 0 Å². The van der Waals surface area contributed by atoms with Crippen molar-refractivity contribution in [3.8, 4) is 0 Å². The maximum absolute atomic E-state index is 10.4. The van der Waals surface area contributed by atoms with Gasteiger partial charge >= 0.3 is 11.9 Å². The lowest BCUT2D eigenvalue weighted by Crippen LogP contribution is -2.32. The summed E-state index contributed by atoms with van der Waals surface area (Å²) < 4.78 is 4.35. The molecule has 1 aliphatic rings. The molecule has 0 radical (unpaired) electrons. The Kier molecular flexibility index (Phi) is 6.93. The Morgan fingerprint density at radius 2 is 1.86 bits per heavy atom. The van der Waals surface area contributed by atoms with Crippen LogP contribution in [0.3, 0.4) is 0 Å². The number of ether oxygens (including phenoxy) is 1. The Balaban J connectivity index is 0.000000224. The summed E-state index contributed by atoms with van der Waals surface area (Å²) in [6.45, 7) is -0.468. The lowest BCUT2D eigenvalue weighted by molar-refractivity contribution is -0.148. The number of carboxylic acid groups (broad SMARTS) is 1. The van der Waals surface area contributed by atoms with Gasteiger partial charge in [0.25, 0.3) is 0 Å². The predicted octanol–water partition coefficient (Wildman–Crippen LogP) is -1.73. The van der Waals surface area contributed by atoms with E-state index in [1.54, 1.807) is 0 Å². The number of aliphatic hydroxyl groups is 3. The fourth-order valence-electron chi connectivity index (χ4n) is 1.73. The SMILES string of the molecule is NC(Cc1ccccc1)C(=O)O.O=C1OC(CO)C(O)C1O. The first-order chi connectivity index (χ1) is 10.4. The van der Waals surface area contributed by atoms with Crippen molar-refractivity contribution in [2.45, 2.75) is 30.8 Å². The molecule has 6 N–H and O–H groups in total. The van der Waals surface area contributed by atoms with Gasteiger partial charge in [-0.15, -0.1) is 0 Å². The number of cyclic esters (lactones) is 1. The molecule has 0 spiro atoms. The number of aliphatic hydroxyl groups excluding tert-OH is 3. The molecule has 1 heterocycles. The molecule has 0 amide bonds. The van der Waals surface area contributed by atoms with E-state index in [0.717, 1.165) is 5.56 Å². The minimum absolute atomic E-state index is 0.385. The summed E-state index contributed by atoms with van der Waals surface area (Å²) in [5.41, 5.74) is 6.30. The van der Waals surface area contributed by atoms with E-state index in [2.05, 4.69) is 4.74 Å². The first-order valence-corrected chi connectivity index (χ1v) is 6.56. The summed E-state index contributed by atoms with van der Waals surface area (Å²) in [6, 6.07) is 8.54. The third kappa shape index (κ3) is 5.08. The summed E-state index contributed by atoms with van der Waals surface area (Å²) in [5, 5.41) is 34.5. The average molecular weight is 313 g/mol. The summed E-state index contributed by atoms with van der Waals surface area (Å²) in [5.74, 6) is -1.84. The van der Waals surface area contributed by atoms with Crippen LogP contribution in [0, 0.1) is 0 Å². The van der Waals surface area contributed by atoms with Crippen LogP contribution < -0.4 is 5.73 Å². The monoisotopic (exact) mass is 313 g/mol. The van der Waals surface area contributed by atoms with E-state index in [9.17, 15) is 9.59 Å². The second-order valence-electron chi connectivity index (χ2n) is 4.73. The molecule has 122 valence electrons. The molecule has 1 aromatic carbocycles. The molecule has 0 bridgehead atoms. The molecule has 2 rings (SSSR count). The van der Waals surface area contributed by atoms with Gasteiger partial charge in [0.15, 0.2) is 12.2 Å². The number of carbonyl (C=O) groups excluding carboxylic acids is 1. The topological polar surface area (TPSA) is 150 Å². The van der Waals surface area contributed by atoms with Gasteiger partial charge in [-0.05, 0) is 12.0 Å². The van der Waals surface area contributed by atoms with Gasteiger partial charge in [-0.25, -0.2) is 4.79 Å². The van der Waals surface area contributed by atoms with Gasteiger partial charge in [0, 0.05) is 0 Å². The second-order valence-corrected chi connectivity index (χ2v) is 4.73. The molecule has 4 atom stereocenters. The van der Waals surface area contributed by atoms with Crippen LogP contribution in [-0.4, -0.2) is 63.3 Å². The normalized spacial score (nSPS) is 24.9. The van der Waals surface area contributed by atoms with Crippen molar-refractivity contribution in [2.24, 2.45) is 5.73 Å². The molecule has 22 heavy (non-hydrogen) atoms. The van der Waals surface area contributed by atoms with Crippen molar-refractivity contribution < 1.29 is 34.8 Å². The third-order valence-corrected chi connectivity index (χ3v) is 3.01. The number of rotatable bonds is 4. The smallest absolute Gasteiger partial charge is 0.338 e. The Labute approximate surface area is 126 Å². The Morgan fingerprint density at radius 3 is 2.23 bits per heavy atom. The summed E-state index contributed by atoms with van der Waals surface area (Å²) in [7, 11) is 0. The quantitative estimate of drug-likeness (QED) is 0.411. The van der Waals surface area contributed by atoms with Crippen LogP contribution in [0.1, 0.15) is 5.56 Å². The van der Waals surface area contributed by atoms with Gasteiger partial charge < -0.3 is 30.9 Å². The Hall–Kier alpha value is -2.00. The second kappa shape index (κ2) is 8.44. The number of hydrogen-bond acceptors (Lipinski definition) is 7. The maximum atomic E-state index is 10.4. The van der Waals surface area contributed by atoms with E-state index in [0.29, 0.717) is 6.42 Å². The molecular formula is C14H19NO7. The molecule has 1 aromatic rings. The molecule has 4 unspecified atom stereocenters. The summed E-state index contributed by atoms with van der Waals surface area (Å²) in [6.07, 6.45) is -3.38. The van der Waals surface area contributed by atoms with Gasteiger partial charge in [0.05, 0.1) is 6.61 Å². The summed E-state index contributed by atoms with van der Waals surface area (Å²) in [4.78, 5) is 20.8. The fourth-order valence-corrected chi connectivity index (χ4v) is 1.73. The lowest BCUT2D eigenvalue weighted by atomic mass is 10.1. The fraction of sp³-hybridized carbons (Fsp3) is 0.429. The van der Waals surface area contributed by atoms with Crippen molar-refractivity contribution in [1.82, 2.24) is 0 Å². The minimum atomic E-state index is -1.50. The first kappa shape index (κ1) is 18.1. The van der Waals surface area contributed by atoms with Crippen LogP contribution in [0.15, 0.2) is 30.3 Å². The highest BCUT2D eigenvalue weighted by molar-refractivity contribution is 5.77. The largest absolute Gasteiger partial charge is 0.480 e. The first-order valence-electron chi connectivity index (χ1n) is 6.56. The average Bonchev–Trinajstić information content (AvgIpc) is 2.76. The number of aliphatic carboxylic acids is 1. The Morgan fingerprint density at radius 1 is 1.27 bits per heavy atom. The third-order valence-electron chi connectivity index (χ3n) is 3.01. The molecule has 8 heteroatoms. The molecule has 1 saturated heterocycles. The van der Waals surface area contributed by atoms with Crippen molar-refractivity contribution in [3.63, 3.8) is 0 Å². The zero-order valence-electron chi connectivity index (χ0n) is 11.7. The van der Waals surface area contributed by atoms with Crippen LogP contribution in [0.4, 0.5) is 0 Å². The Bertz CT molecular complexity index is 493. The molecule has 1 fully saturated rings. The van der Waals surface area contributed by atoms with Gasteiger partial charge in [0.2, 0.25) is 0 Å². The van der Waals surface area contributed by atoms with Crippen LogP contribution in [-0.2, 0) is 20.7 Å². The van der Waals surface area contributed by atoms with Gasteiger partial charge in [-0.3, -0.25) is 4.79 Å². The highest BCUT2D eigenvalue weighted by Gasteiger charge is 2.41. The molecule has 0 aliphatic carbocycles. The van der Waals surface area contributed by atoms with E-state index in [1.807, 2.05) is 30.3 Å². The number of carbonyl (C=O) groups is 2. The molecular weight excluding hydrogens is 294 g/mol. The predicted molar refractivity (Wildman–Crippen MR) is 74.7 cm³/mol. The number of esters is 1. The highest BCUT2D eigenvalue weighted by Crippen LogP contribution is 2.14. The minimum Gasteiger partial charge on any atom is -0.480 e. The van der Waals surface area contributed by atoms with E-state index in [4.69, 9.17) is 26.2 Å². The zero-order valence-corrected chi connectivity index (χ0v) is 11.7. The van der Waals surface area contributed by atoms with Gasteiger partial charge in [-0.1, -0.05) is 30.3 Å². The van der Waals surface area contributed by atoms with Gasteiger partial charge in [0.1, 0.15) is 12.1 Å². The van der Waals surface area contributed by atoms with Crippen molar-refractivity contribution in [2.75, 3.05) is 6.61 Å². The van der Waals surface area contributed by atoms with E-state index >= 15 is 0 Å². The van der Waals surface area contributed by atoms with Crippen LogP contribution in [0.5, 0.6) is 0 Å². The van der Waals surface area contributed by atoms with Crippen molar-refractivity contribution >= 4 is 11.9 Å². The van der Waals surface area contributed by atoms with Crippen molar-refractivity contribution in [3.05, 3.63) is 35.9 Å². The zero-order chi connectivity index (χ0) is 16.7. The molecule has 0 saturated carbocycles. The molecule has 1 aliphatic heterocycles. The number of carboxylic acids is 1. The van der Waals surface area contributed by atoms with E-state index < -0.39 is 42.9 Å². The van der Waals surface area contributed by atoms with E-state index in [-0.39, 0.29) is 0 Å². The molecule has 0 aromatic heterocycles. The maximum Gasteiger partial charge on any atom is 0.338 e. The highest BCUT2D eigenvalue weighted by atomic mass is 16.6. The number of nitrogens with two attached hydrogens (primary N) is 1. The van der Waals surface area contributed by atoms with Crippen molar-refractivity contribution in [1.29, 1.82) is 0 Å². The number of hydrogen-bond donors (Lipinski definition) is 5. The van der Waals surface area contributed by atoms with E-state index in [1.165, 1.54) is 0 Å².